The molecule has 0 saturated carbocycles. The van der Waals surface area contributed by atoms with E-state index < -0.39 is 10.0 Å². The summed E-state index contributed by atoms with van der Waals surface area (Å²) >= 11 is 1.60. The van der Waals surface area contributed by atoms with Crippen molar-refractivity contribution in [2.45, 2.75) is 25.2 Å². The number of aryl methyl sites for hydroxylation is 2. The highest BCUT2D eigenvalue weighted by Gasteiger charge is 2.14. The molecule has 0 atom stereocenters. The molecule has 3 aromatic rings. The zero-order chi connectivity index (χ0) is 18.6. The highest BCUT2D eigenvalue weighted by atomic mass is 32.2. The number of hydrogen-bond donors (Lipinski definition) is 1. The highest BCUT2D eigenvalue weighted by molar-refractivity contribution is 7.89. The number of ether oxygens (including phenoxy) is 1. The van der Waals surface area contributed by atoms with Crippen LogP contribution < -0.4 is 9.46 Å². The molecule has 0 aliphatic heterocycles. The Morgan fingerprint density at radius 2 is 1.65 bits per heavy atom. The summed E-state index contributed by atoms with van der Waals surface area (Å²) in [4.78, 5) is 5.68. The topological polar surface area (TPSA) is 68.3 Å². The van der Waals surface area contributed by atoms with Gasteiger partial charge >= 0.3 is 0 Å². The van der Waals surface area contributed by atoms with E-state index in [0.29, 0.717) is 24.5 Å². The lowest BCUT2D eigenvalue weighted by Crippen LogP contribution is -2.25. The van der Waals surface area contributed by atoms with Crippen LogP contribution in [0.2, 0.25) is 0 Å². The van der Waals surface area contributed by atoms with Gasteiger partial charge in [-0.1, -0.05) is 18.2 Å². The Bertz CT molecular complexity index is 966. The van der Waals surface area contributed by atoms with Gasteiger partial charge in [-0.25, -0.2) is 18.1 Å². The van der Waals surface area contributed by atoms with Crippen molar-refractivity contribution in [3.8, 4) is 11.5 Å². The van der Waals surface area contributed by atoms with Crippen molar-refractivity contribution in [2.24, 2.45) is 0 Å². The average Bonchev–Trinajstić information content (AvgIpc) is 2.93. The molecule has 3 rings (SSSR count). The first kappa shape index (κ1) is 18.6. The first-order chi connectivity index (χ1) is 12.4. The first-order valence-electron chi connectivity index (χ1n) is 8.19. The zero-order valence-electron chi connectivity index (χ0n) is 14.6. The Kier molecular flexibility index (Phi) is 5.70. The maximum absolute atomic E-state index is 12.4. The number of nitrogens with zero attached hydrogens (tertiary/aromatic N) is 1. The minimum atomic E-state index is -3.55. The molecule has 0 unspecified atom stereocenters. The highest BCUT2D eigenvalue weighted by Crippen LogP contribution is 2.22. The molecule has 0 radical (unpaired) electrons. The van der Waals surface area contributed by atoms with Crippen molar-refractivity contribution >= 4 is 21.4 Å². The molecule has 1 N–H and O–H groups in total. The molecule has 0 aliphatic rings. The quantitative estimate of drug-likeness (QED) is 0.662. The minimum absolute atomic E-state index is 0.218. The number of hydrogen-bond acceptors (Lipinski definition) is 5. The van der Waals surface area contributed by atoms with E-state index in [4.69, 9.17) is 4.74 Å². The fourth-order valence-corrected chi connectivity index (χ4v) is 4.47. The van der Waals surface area contributed by atoms with Crippen LogP contribution in [0.25, 0.3) is 0 Å². The normalized spacial score (nSPS) is 11.5. The van der Waals surface area contributed by atoms with Gasteiger partial charge in [-0.05, 0) is 56.7 Å². The molecular weight excluding hydrogens is 368 g/mol. The lowest BCUT2D eigenvalue weighted by atomic mass is 10.3. The SMILES string of the molecule is Cc1nc(C)c(CCNS(=O)(=O)c2ccc(Oc3ccccc3)cc2)s1. The lowest BCUT2D eigenvalue weighted by Gasteiger charge is -2.08. The van der Waals surface area contributed by atoms with E-state index in [2.05, 4.69) is 9.71 Å². The van der Waals surface area contributed by atoms with Crippen LogP contribution in [0.15, 0.2) is 59.5 Å². The van der Waals surface area contributed by atoms with Crippen LogP contribution in [0.4, 0.5) is 0 Å². The number of rotatable bonds is 7. The largest absolute Gasteiger partial charge is 0.457 e. The molecule has 0 spiro atoms. The molecule has 5 nitrogen and oxygen atoms in total. The molecule has 0 saturated heterocycles. The number of para-hydroxylation sites is 1. The fourth-order valence-electron chi connectivity index (χ4n) is 2.50. The molecule has 0 amide bonds. The van der Waals surface area contributed by atoms with Gasteiger partial charge in [0.1, 0.15) is 11.5 Å². The van der Waals surface area contributed by atoms with Crippen LogP contribution in [-0.4, -0.2) is 19.9 Å². The summed E-state index contributed by atoms with van der Waals surface area (Å²) in [6, 6.07) is 15.7. The Morgan fingerprint density at radius 3 is 2.27 bits per heavy atom. The summed E-state index contributed by atoms with van der Waals surface area (Å²) in [6.45, 7) is 4.23. The van der Waals surface area contributed by atoms with E-state index in [0.717, 1.165) is 15.6 Å². The van der Waals surface area contributed by atoms with Crippen LogP contribution in [0.3, 0.4) is 0 Å². The van der Waals surface area contributed by atoms with Crippen molar-refractivity contribution in [2.75, 3.05) is 6.54 Å². The number of aromatic nitrogens is 1. The van der Waals surface area contributed by atoms with Gasteiger partial charge in [-0.3, -0.25) is 0 Å². The number of sulfonamides is 1. The smallest absolute Gasteiger partial charge is 0.240 e. The lowest BCUT2D eigenvalue weighted by molar-refractivity contribution is 0.482. The standard InChI is InChI=1S/C19H20N2O3S2/c1-14-19(25-15(2)21-14)12-13-20-26(22,23)18-10-8-17(9-11-18)24-16-6-4-3-5-7-16/h3-11,20H,12-13H2,1-2H3. The van der Waals surface area contributed by atoms with Gasteiger partial charge in [0, 0.05) is 11.4 Å². The molecular formula is C19H20N2O3S2. The average molecular weight is 389 g/mol. The first-order valence-corrected chi connectivity index (χ1v) is 10.5. The molecule has 1 heterocycles. The predicted octanol–water partition coefficient (Wildman–Crippen LogP) is 4.07. The van der Waals surface area contributed by atoms with Gasteiger partial charge in [0.25, 0.3) is 0 Å². The Hall–Kier alpha value is -2.22. The Labute approximate surface area is 157 Å². The second kappa shape index (κ2) is 7.99. The summed E-state index contributed by atoms with van der Waals surface area (Å²) < 4.78 is 33.2. The van der Waals surface area contributed by atoms with Crippen molar-refractivity contribution in [1.29, 1.82) is 0 Å². The fraction of sp³-hybridized carbons (Fsp3) is 0.211. The van der Waals surface area contributed by atoms with Crippen LogP contribution in [0.5, 0.6) is 11.5 Å². The van der Waals surface area contributed by atoms with Gasteiger partial charge in [0.05, 0.1) is 15.6 Å². The van der Waals surface area contributed by atoms with E-state index in [1.54, 1.807) is 35.6 Å². The van der Waals surface area contributed by atoms with Crippen LogP contribution in [0.1, 0.15) is 15.6 Å². The predicted molar refractivity (Wildman–Crippen MR) is 103 cm³/mol. The van der Waals surface area contributed by atoms with Gasteiger partial charge < -0.3 is 4.74 Å². The second-order valence-corrected chi connectivity index (χ2v) is 8.83. The van der Waals surface area contributed by atoms with Crippen LogP contribution >= 0.6 is 11.3 Å². The van der Waals surface area contributed by atoms with Gasteiger partial charge in [-0.15, -0.1) is 11.3 Å². The summed E-state index contributed by atoms with van der Waals surface area (Å²) in [5.41, 5.74) is 0.967. The minimum Gasteiger partial charge on any atom is -0.457 e. The number of benzene rings is 2. The maximum Gasteiger partial charge on any atom is 0.240 e. The van der Waals surface area contributed by atoms with E-state index in [1.807, 2.05) is 44.2 Å². The van der Waals surface area contributed by atoms with Gasteiger partial charge in [0.2, 0.25) is 10.0 Å². The molecule has 2 aromatic carbocycles. The third kappa shape index (κ3) is 4.69. The molecule has 0 bridgehead atoms. The van der Waals surface area contributed by atoms with Gasteiger partial charge in [-0.2, -0.15) is 0 Å². The van der Waals surface area contributed by atoms with E-state index >= 15 is 0 Å². The maximum atomic E-state index is 12.4. The summed E-state index contributed by atoms with van der Waals surface area (Å²) in [6.07, 6.45) is 0.631. The Balaban J connectivity index is 1.61. The van der Waals surface area contributed by atoms with Crippen LogP contribution in [0, 0.1) is 13.8 Å². The van der Waals surface area contributed by atoms with Crippen molar-refractivity contribution in [3.63, 3.8) is 0 Å². The van der Waals surface area contributed by atoms with Crippen molar-refractivity contribution < 1.29 is 13.2 Å². The summed E-state index contributed by atoms with van der Waals surface area (Å²) in [5, 5.41) is 0.995. The van der Waals surface area contributed by atoms with E-state index in [1.165, 1.54) is 0 Å². The molecule has 0 aliphatic carbocycles. The molecule has 136 valence electrons. The monoisotopic (exact) mass is 388 g/mol. The van der Waals surface area contributed by atoms with Gasteiger partial charge in [0.15, 0.2) is 0 Å². The Morgan fingerprint density at radius 1 is 1.00 bits per heavy atom. The van der Waals surface area contributed by atoms with E-state index in [-0.39, 0.29) is 4.90 Å². The third-order valence-electron chi connectivity index (χ3n) is 3.76. The zero-order valence-corrected chi connectivity index (χ0v) is 16.2. The summed E-state index contributed by atoms with van der Waals surface area (Å²) in [7, 11) is -3.55. The number of nitrogens with one attached hydrogen (secondary N) is 1. The van der Waals surface area contributed by atoms with Crippen molar-refractivity contribution in [3.05, 3.63) is 70.2 Å². The third-order valence-corrected chi connectivity index (χ3v) is 6.37. The van der Waals surface area contributed by atoms with Crippen LogP contribution in [-0.2, 0) is 16.4 Å². The van der Waals surface area contributed by atoms with Crippen molar-refractivity contribution in [1.82, 2.24) is 9.71 Å². The molecule has 0 fully saturated rings. The second-order valence-electron chi connectivity index (χ2n) is 5.78. The van der Waals surface area contributed by atoms with E-state index in [9.17, 15) is 8.42 Å². The molecule has 7 heteroatoms. The molecule has 26 heavy (non-hydrogen) atoms. The number of thiazole rings is 1. The molecule has 1 aromatic heterocycles. The summed E-state index contributed by atoms with van der Waals surface area (Å²) in [5.74, 6) is 1.29.